The highest BCUT2D eigenvalue weighted by Crippen LogP contribution is 2.37. The summed E-state index contributed by atoms with van der Waals surface area (Å²) < 4.78 is 34.6. The van der Waals surface area contributed by atoms with Crippen LogP contribution in [0.25, 0.3) is 0 Å². The summed E-state index contributed by atoms with van der Waals surface area (Å²) in [6.45, 7) is 3.16. The summed E-state index contributed by atoms with van der Waals surface area (Å²) in [6, 6.07) is 21.5. The van der Waals surface area contributed by atoms with Crippen LogP contribution in [-0.4, -0.2) is 14.4 Å². The van der Waals surface area contributed by atoms with E-state index in [0.29, 0.717) is 16.1 Å². The van der Waals surface area contributed by atoms with Crippen LogP contribution in [-0.2, 0) is 19.6 Å². The quantitative estimate of drug-likeness (QED) is 0.523. The first kappa shape index (κ1) is 22.0. The smallest absolute Gasteiger partial charge is 0.303 e. The molecule has 7 heteroatoms. The molecular formula is C23H22ClNO4S. The Kier molecular flexibility index (Phi) is 6.92. The van der Waals surface area contributed by atoms with Crippen molar-refractivity contribution < 1.29 is 17.9 Å². The number of carbonyl (C=O) groups is 1. The molecule has 0 radical (unpaired) electrons. The van der Waals surface area contributed by atoms with E-state index < -0.39 is 28.1 Å². The highest BCUT2D eigenvalue weighted by Gasteiger charge is 2.33. The van der Waals surface area contributed by atoms with E-state index in [2.05, 4.69) is 4.72 Å². The van der Waals surface area contributed by atoms with Crippen molar-refractivity contribution in [2.75, 3.05) is 0 Å². The van der Waals surface area contributed by atoms with Gasteiger partial charge in [-0.05, 0) is 30.7 Å². The van der Waals surface area contributed by atoms with Crippen molar-refractivity contribution in [1.82, 2.24) is 4.72 Å². The summed E-state index contributed by atoms with van der Waals surface area (Å²) in [6.07, 6.45) is -0.959. The van der Waals surface area contributed by atoms with E-state index in [4.69, 9.17) is 16.3 Å². The standard InChI is InChI=1S/C23H22ClNO4S/c1-16-12-14-19(15-13-16)30(27,28)25-22(18-8-4-3-5-9-18)23(29-17(2)26)20-10-6-7-11-21(20)24/h3-15,22-23,25H,1-2H3/t22-,23-/m1/s1. The molecular weight excluding hydrogens is 422 g/mol. The molecule has 0 heterocycles. The Morgan fingerprint density at radius 1 is 0.933 bits per heavy atom. The van der Waals surface area contributed by atoms with E-state index in [1.165, 1.54) is 19.1 Å². The maximum absolute atomic E-state index is 13.1. The zero-order chi connectivity index (χ0) is 21.7. The van der Waals surface area contributed by atoms with Gasteiger partial charge in [-0.15, -0.1) is 0 Å². The lowest BCUT2D eigenvalue weighted by Crippen LogP contribution is -2.34. The second-order valence-electron chi connectivity index (χ2n) is 6.87. The van der Waals surface area contributed by atoms with Gasteiger partial charge in [0.15, 0.2) is 0 Å². The first-order valence-corrected chi connectivity index (χ1v) is 11.2. The normalized spacial score (nSPS) is 13.4. The summed E-state index contributed by atoms with van der Waals surface area (Å²) in [5.41, 5.74) is 2.09. The fourth-order valence-corrected chi connectivity index (χ4v) is 4.58. The SMILES string of the molecule is CC(=O)O[C@H](c1ccccc1Cl)[C@H](NS(=O)(=O)c1ccc(C)cc1)c1ccccc1. The molecule has 0 aliphatic carbocycles. The molecule has 0 aromatic heterocycles. The number of aryl methyl sites for hydroxylation is 1. The van der Waals surface area contributed by atoms with Crippen LogP contribution in [0.15, 0.2) is 83.8 Å². The first-order valence-electron chi connectivity index (χ1n) is 9.33. The Bertz CT molecular complexity index is 1120. The van der Waals surface area contributed by atoms with Gasteiger partial charge in [-0.3, -0.25) is 4.79 Å². The number of rotatable bonds is 7. The Labute approximate surface area is 181 Å². The van der Waals surface area contributed by atoms with E-state index in [1.807, 2.05) is 13.0 Å². The predicted molar refractivity (Wildman–Crippen MR) is 117 cm³/mol. The maximum Gasteiger partial charge on any atom is 0.303 e. The largest absolute Gasteiger partial charge is 0.456 e. The summed E-state index contributed by atoms with van der Waals surface area (Å²) in [7, 11) is -3.91. The highest BCUT2D eigenvalue weighted by molar-refractivity contribution is 7.89. The van der Waals surface area contributed by atoms with Crippen LogP contribution in [0, 0.1) is 6.92 Å². The molecule has 0 amide bonds. The van der Waals surface area contributed by atoms with Gasteiger partial charge >= 0.3 is 5.97 Å². The van der Waals surface area contributed by atoms with Gasteiger partial charge < -0.3 is 4.74 Å². The van der Waals surface area contributed by atoms with E-state index >= 15 is 0 Å². The van der Waals surface area contributed by atoms with Crippen LogP contribution in [0.3, 0.4) is 0 Å². The number of sulfonamides is 1. The van der Waals surface area contributed by atoms with Crippen LogP contribution in [0.4, 0.5) is 0 Å². The topological polar surface area (TPSA) is 72.5 Å². The molecule has 156 valence electrons. The molecule has 0 bridgehead atoms. The Hall–Kier alpha value is -2.67. The lowest BCUT2D eigenvalue weighted by molar-refractivity contribution is -0.148. The molecule has 5 nitrogen and oxygen atoms in total. The van der Waals surface area contributed by atoms with Gasteiger partial charge in [0.25, 0.3) is 0 Å². The molecule has 2 atom stereocenters. The Balaban J connectivity index is 2.10. The zero-order valence-electron chi connectivity index (χ0n) is 16.6. The minimum Gasteiger partial charge on any atom is -0.456 e. The minimum atomic E-state index is -3.91. The molecule has 0 aliphatic heterocycles. The Morgan fingerprint density at radius 3 is 2.13 bits per heavy atom. The Morgan fingerprint density at radius 2 is 1.53 bits per heavy atom. The van der Waals surface area contributed by atoms with Gasteiger partial charge in [0.05, 0.1) is 10.9 Å². The van der Waals surface area contributed by atoms with Crippen LogP contribution in [0.2, 0.25) is 5.02 Å². The van der Waals surface area contributed by atoms with Gasteiger partial charge in [0.2, 0.25) is 10.0 Å². The number of carbonyl (C=O) groups excluding carboxylic acids is 1. The first-order chi connectivity index (χ1) is 14.3. The molecule has 0 unspecified atom stereocenters. The monoisotopic (exact) mass is 443 g/mol. The maximum atomic E-state index is 13.1. The van der Waals surface area contributed by atoms with Crippen molar-refractivity contribution in [1.29, 1.82) is 0 Å². The van der Waals surface area contributed by atoms with Gasteiger partial charge in [-0.25, -0.2) is 8.42 Å². The fraction of sp³-hybridized carbons (Fsp3) is 0.174. The molecule has 0 saturated carbocycles. The van der Waals surface area contributed by atoms with E-state index in [0.717, 1.165) is 5.56 Å². The predicted octanol–water partition coefficient (Wildman–Crippen LogP) is 4.97. The summed E-state index contributed by atoms with van der Waals surface area (Å²) >= 11 is 6.37. The summed E-state index contributed by atoms with van der Waals surface area (Å²) in [4.78, 5) is 12.0. The molecule has 3 aromatic rings. The zero-order valence-corrected chi connectivity index (χ0v) is 18.2. The molecule has 30 heavy (non-hydrogen) atoms. The molecule has 0 spiro atoms. The third-order valence-electron chi connectivity index (χ3n) is 4.58. The molecule has 3 aromatic carbocycles. The van der Waals surface area contributed by atoms with Crippen molar-refractivity contribution in [3.8, 4) is 0 Å². The number of hydrogen-bond donors (Lipinski definition) is 1. The molecule has 0 saturated heterocycles. The number of halogens is 1. The van der Waals surface area contributed by atoms with Crippen LogP contribution in [0.5, 0.6) is 0 Å². The van der Waals surface area contributed by atoms with Crippen molar-refractivity contribution in [2.24, 2.45) is 0 Å². The second-order valence-corrected chi connectivity index (χ2v) is 9.00. The minimum absolute atomic E-state index is 0.120. The van der Waals surface area contributed by atoms with Crippen LogP contribution >= 0.6 is 11.6 Å². The summed E-state index contributed by atoms with van der Waals surface area (Å²) in [5.74, 6) is -0.546. The van der Waals surface area contributed by atoms with Crippen molar-refractivity contribution in [2.45, 2.75) is 30.9 Å². The average Bonchev–Trinajstić information content (AvgIpc) is 2.72. The third-order valence-corrected chi connectivity index (χ3v) is 6.38. The number of benzene rings is 3. The molecule has 1 N–H and O–H groups in total. The van der Waals surface area contributed by atoms with E-state index in [-0.39, 0.29) is 4.90 Å². The summed E-state index contributed by atoms with van der Waals surface area (Å²) in [5, 5.41) is 0.374. The average molecular weight is 444 g/mol. The molecule has 0 fully saturated rings. The molecule has 0 aliphatic rings. The van der Waals surface area contributed by atoms with Gasteiger partial charge in [0, 0.05) is 17.5 Å². The lowest BCUT2D eigenvalue weighted by Gasteiger charge is -2.29. The van der Waals surface area contributed by atoms with Gasteiger partial charge in [-0.1, -0.05) is 77.8 Å². The number of esters is 1. The van der Waals surface area contributed by atoms with Crippen LogP contribution < -0.4 is 4.72 Å². The number of ether oxygens (including phenoxy) is 1. The van der Waals surface area contributed by atoms with Crippen molar-refractivity contribution >= 4 is 27.6 Å². The molecule has 3 rings (SSSR count). The van der Waals surface area contributed by atoms with Gasteiger partial charge in [-0.2, -0.15) is 4.72 Å². The van der Waals surface area contributed by atoms with Gasteiger partial charge in [0.1, 0.15) is 6.10 Å². The highest BCUT2D eigenvalue weighted by atomic mass is 35.5. The second kappa shape index (κ2) is 9.43. The van der Waals surface area contributed by atoms with Crippen LogP contribution in [0.1, 0.15) is 35.8 Å². The fourth-order valence-electron chi connectivity index (χ4n) is 3.11. The number of nitrogens with one attached hydrogen (secondary N) is 1. The van der Waals surface area contributed by atoms with Crippen molar-refractivity contribution in [3.63, 3.8) is 0 Å². The van der Waals surface area contributed by atoms with E-state index in [1.54, 1.807) is 60.7 Å². The number of hydrogen-bond acceptors (Lipinski definition) is 4. The van der Waals surface area contributed by atoms with Crippen molar-refractivity contribution in [3.05, 3.63) is 101 Å². The van der Waals surface area contributed by atoms with E-state index in [9.17, 15) is 13.2 Å². The lowest BCUT2D eigenvalue weighted by atomic mass is 9.96. The third kappa shape index (κ3) is 5.27.